The van der Waals surface area contributed by atoms with Crippen LogP contribution in [0.3, 0.4) is 0 Å². The minimum atomic E-state index is 0.812. The first-order valence-electron chi connectivity index (χ1n) is 6.08. The largest absolute Gasteiger partial charge is 0.286 e. The van der Waals surface area contributed by atoms with E-state index >= 15 is 0 Å². The summed E-state index contributed by atoms with van der Waals surface area (Å²) in [7, 11) is 0. The van der Waals surface area contributed by atoms with E-state index in [9.17, 15) is 0 Å². The van der Waals surface area contributed by atoms with Crippen molar-refractivity contribution in [1.82, 2.24) is 14.6 Å². The molecule has 2 aromatic heterocycles. The predicted molar refractivity (Wildman–Crippen MR) is 71.7 cm³/mol. The van der Waals surface area contributed by atoms with Gasteiger partial charge in [-0.1, -0.05) is 35.9 Å². The van der Waals surface area contributed by atoms with Gasteiger partial charge in [-0.2, -0.15) is 0 Å². The fraction of sp³-hybridized carbons (Fsp3) is 0.200. The Bertz CT molecular complexity index is 698. The van der Waals surface area contributed by atoms with Crippen molar-refractivity contribution in [2.75, 3.05) is 0 Å². The quantitative estimate of drug-likeness (QED) is 0.686. The average Bonchev–Trinajstić information content (AvgIpc) is 2.72. The number of aryl methyl sites for hydroxylation is 2. The zero-order valence-corrected chi connectivity index (χ0v) is 10.6. The molecule has 1 aromatic carbocycles. The van der Waals surface area contributed by atoms with Crippen molar-refractivity contribution >= 4 is 5.65 Å². The smallest absolute Gasteiger partial charge is 0.160 e. The molecular formula is C15H15N3. The highest BCUT2D eigenvalue weighted by Crippen LogP contribution is 2.12. The minimum absolute atomic E-state index is 0.812. The summed E-state index contributed by atoms with van der Waals surface area (Å²) in [5.41, 5.74) is 4.67. The van der Waals surface area contributed by atoms with Gasteiger partial charge in [-0.15, -0.1) is 10.2 Å². The van der Waals surface area contributed by atoms with Gasteiger partial charge < -0.3 is 0 Å². The van der Waals surface area contributed by atoms with Crippen LogP contribution in [0.1, 0.15) is 22.5 Å². The summed E-state index contributed by atoms with van der Waals surface area (Å²) in [5, 5.41) is 8.47. The Kier molecular flexibility index (Phi) is 2.59. The first-order chi connectivity index (χ1) is 8.72. The zero-order chi connectivity index (χ0) is 12.5. The van der Waals surface area contributed by atoms with Gasteiger partial charge in [0.2, 0.25) is 0 Å². The molecule has 3 heteroatoms. The van der Waals surface area contributed by atoms with Gasteiger partial charge in [0.1, 0.15) is 5.82 Å². The van der Waals surface area contributed by atoms with Crippen LogP contribution in [-0.4, -0.2) is 14.6 Å². The SMILES string of the molecule is Cc1cccc(Cc2nnc3ccc(C)cn23)c1. The summed E-state index contributed by atoms with van der Waals surface area (Å²) in [6.07, 6.45) is 2.90. The fourth-order valence-corrected chi connectivity index (χ4v) is 2.17. The van der Waals surface area contributed by atoms with Crippen LogP contribution in [0.15, 0.2) is 42.6 Å². The molecule has 2 heterocycles. The van der Waals surface area contributed by atoms with Crippen molar-refractivity contribution in [2.24, 2.45) is 0 Å². The molecule has 0 bridgehead atoms. The van der Waals surface area contributed by atoms with Gasteiger partial charge in [-0.05, 0) is 31.0 Å². The second-order valence-electron chi connectivity index (χ2n) is 4.72. The van der Waals surface area contributed by atoms with Crippen molar-refractivity contribution in [3.8, 4) is 0 Å². The van der Waals surface area contributed by atoms with Crippen molar-refractivity contribution < 1.29 is 0 Å². The van der Waals surface area contributed by atoms with E-state index in [0.29, 0.717) is 0 Å². The first-order valence-corrected chi connectivity index (χ1v) is 6.08. The monoisotopic (exact) mass is 237 g/mol. The average molecular weight is 237 g/mol. The normalized spacial score (nSPS) is 11.0. The van der Waals surface area contributed by atoms with E-state index in [1.165, 1.54) is 16.7 Å². The Hall–Kier alpha value is -2.16. The van der Waals surface area contributed by atoms with Gasteiger partial charge in [0.15, 0.2) is 5.65 Å². The third-order valence-electron chi connectivity index (χ3n) is 3.07. The first kappa shape index (κ1) is 11.0. The molecule has 0 atom stereocenters. The molecule has 18 heavy (non-hydrogen) atoms. The topological polar surface area (TPSA) is 30.2 Å². The van der Waals surface area contributed by atoms with Gasteiger partial charge in [-0.25, -0.2) is 0 Å². The molecule has 3 nitrogen and oxygen atoms in total. The van der Waals surface area contributed by atoms with Gasteiger partial charge in [0.05, 0.1) is 0 Å². The summed E-state index contributed by atoms with van der Waals surface area (Å²) in [6, 6.07) is 12.6. The van der Waals surface area contributed by atoms with Gasteiger partial charge in [-0.3, -0.25) is 4.40 Å². The molecule has 90 valence electrons. The Morgan fingerprint density at radius 1 is 1.00 bits per heavy atom. The van der Waals surface area contributed by atoms with Gasteiger partial charge >= 0.3 is 0 Å². The molecule has 0 saturated heterocycles. The molecule has 3 rings (SSSR count). The maximum Gasteiger partial charge on any atom is 0.160 e. The Morgan fingerprint density at radius 2 is 1.89 bits per heavy atom. The number of rotatable bonds is 2. The van der Waals surface area contributed by atoms with Crippen LogP contribution in [0.5, 0.6) is 0 Å². The summed E-state index contributed by atoms with van der Waals surface area (Å²) >= 11 is 0. The molecule has 0 radical (unpaired) electrons. The molecule has 0 aliphatic carbocycles. The second kappa shape index (κ2) is 4.26. The van der Waals surface area contributed by atoms with E-state index in [1.54, 1.807) is 0 Å². The third-order valence-corrected chi connectivity index (χ3v) is 3.07. The number of fused-ring (bicyclic) bond motifs is 1. The van der Waals surface area contributed by atoms with Crippen LogP contribution >= 0.6 is 0 Å². The maximum absolute atomic E-state index is 4.27. The van der Waals surface area contributed by atoms with Crippen molar-refractivity contribution in [2.45, 2.75) is 20.3 Å². The van der Waals surface area contributed by atoms with Crippen LogP contribution in [-0.2, 0) is 6.42 Å². The number of pyridine rings is 1. The van der Waals surface area contributed by atoms with Crippen LogP contribution in [0.4, 0.5) is 0 Å². The van der Waals surface area contributed by atoms with Crippen molar-refractivity contribution in [3.05, 3.63) is 65.1 Å². The molecule has 0 fully saturated rings. The number of hydrogen-bond donors (Lipinski definition) is 0. The Morgan fingerprint density at radius 3 is 2.72 bits per heavy atom. The highest BCUT2D eigenvalue weighted by molar-refractivity contribution is 5.40. The summed E-state index contributed by atoms with van der Waals surface area (Å²) in [4.78, 5) is 0. The predicted octanol–water partition coefficient (Wildman–Crippen LogP) is 2.94. The van der Waals surface area contributed by atoms with Crippen molar-refractivity contribution in [1.29, 1.82) is 0 Å². The lowest BCUT2D eigenvalue weighted by atomic mass is 10.1. The third kappa shape index (κ3) is 1.99. The lowest BCUT2D eigenvalue weighted by Crippen LogP contribution is -1.97. The van der Waals surface area contributed by atoms with Crippen LogP contribution < -0.4 is 0 Å². The van der Waals surface area contributed by atoms with Crippen LogP contribution in [0.25, 0.3) is 5.65 Å². The number of hydrogen-bond acceptors (Lipinski definition) is 2. The summed E-state index contributed by atoms with van der Waals surface area (Å²) in [6.45, 7) is 4.19. The molecule has 0 aliphatic rings. The Labute approximate surface area is 106 Å². The number of nitrogens with zero attached hydrogens (tertiary/aromatic N) is 3. The molecule has 0 aliphatic heterocycles. The molecule has 0 spiro atoms. The lowest BCUT2D eigenvalue weighted by Gasteiger charge is -2.02. The number of aromatic nitrogens is 3. The maximum atomic E-state index is 4.27. The molecule has 0 N–H and O–H groups in total. The zero-order valence-electron chi connectivity index (χ0n) is 10.6. The summed E-state index contributed by atoms with van der Waals surface area (Å²) in [5.74, 6) is 0.985. The van der Waals surface area contributed by atoms with Crippen molar-refractivity contribution in [3.63, 3.8) is 0 Å². The number of benzene rings is 1. The van der Waals surface area contributed by atoms with Gasteiger partial charge in [0, 0.05) is 12.6 Å². The van der Waals surface area contributed by atoms with E-state index in [4.69, 9.17) is 0 Å². The summed E-state index contributed by atoms with van der Waals surface area (Å²) < 4.78 is 2.07. The van der Waals surface area contributed by atoms with Crippen LogP contribution in [0, 0.1) is 13.8 Å². The molecule has 0 amide bonds. The Balaban J connectivity index is 2.02. The standard InChI is InChI=1S/C15H15N3/c1-11-4-3-5-13(8-11)9-15-17-16-14-7-6-12(2)10-18(14)15/h3-8,10H,9H2,1-2H3. The minimum Gasteiger partial charge on any atom is -0.286 e. The molecule has 3 aromatic rings. The van der Waals surface area contributed by atoms with E-state index in [0.717, 1.165) is 17.9 Å². The highest BCUT2D eigenvalue weighted by Gasteiger charge is 2.06. The fourth-order valence-electron chi connectivity index (χ4n) is 2.17. The van der Waals surface area contributed by atoms with E-state index in [-0.39, 0.29) is 0 Å². The molecule has 0 saturated carbocycles. The van der Waals surface area contributed by atoms with Crippen LogP contribution in [0.2, 0.25) is 0 Å². The van der Waals surface area contributed by atoms with E-state index in [2.05, 4.69) is 65.0 Å². The van der Waals surface area contributed by atoms with Gasteiger partial charge in [0.25, 0.3) is 0 Å². The molecular weight excluding hydrogens is 222 g/mol. The van der Waals surface area contributed by atoms with E-state index in [1.807, 2.05) is 6.07 Å². The van der Waals surface area contributed by atoms with E-state index < -0.39 is 0 Å². The molecule has 0 unspecified atom stereocenters. The highest BCUT2D eigenvalue weighted by atomic mass is 15.2. The lowest BCUT2D eigenvalue weighted by molar-refractivity contribution is 0.930. The second-order valence-corrected chi connectivity index (χ2v) is 4.72.